The van der Waals surface area contributed by atoms with Crippen molar-refractivity contribution in [3.63, 3.8) is 0 Å². The Kier molecular flexibility index (Phi) is 8.94. The molecular weight excluding hydrogens is 344 g/mol. The molecule has 2 rings (SSSR count). The number of rotatable bonds is 6. The van der Waals surface area contributed by atoms with Crippen molar-refractivity contribution in [1.29, 1.82) is 0 Å². The molecule has 1 aliphatic heterocycles. The predicted octanol–water partition coefficient (Wildman–Crippen LogP) is 0.152. The summed E-state index contributed by atoms with van der Waals surface area (Å²) in [6, 6.07) is 8.75. The molecule has 1 fully saturated rings. The van der Waals surface area contributed by atoms with Crippen LogP contribution in [-0.4, -0.2) is 55.3 Å². The molecule has 0 spiro atoms. The summed E-state index contributed by atoms with van der Waals surface area (Å²) in [6.45, 7) is 1.77. The van der Waals surface area contributed by atoms with Crippen LogP contribution < -0.4 is 16.4 Å². The number of amides is 3. The number of carbonyl (C=O) groups excluding carboxylic acids is 3. The maximum absolute atomic E-state index is 12.3. The second-order valence-electron chi connectivity index (χ2n) is 5.81. The molecule has 0 saturated carbocycles. The van der Waals surface area contributed by atoms with Crippen molar-refractivity contribution in [3.05, 3.63) is 35.9 Å². The second kappa shape index (κ2) is 10.7. The SMILES string of the molecule is Cl.NCCNC(=O)C1CCCN(C(=O)CNC(=O)c2ccccc2)C1. The highest BCUT2D eigenvalue weighted by atomic mass is 35.5. The van der Waals surface area contributed by atoms with E-state index in [1.54, 1.807) is 29.2 Å². The Labute approximate surface area is 153 Å². The van der Waals surface area contributed by atoms with Crippen molar-refractivity contribution in [2.75, 3.05) is 32.7 Å². The van der Waals surface area contributed by atoms with Crippen molar-refractivity contribution in [2.45, 2.75) is 12.8 Å². The first-order chi connectivity index (χ1) is 11.6. The lowest BCUT2D eigenvalue weighted by molar-refractivity contribution is -0.134. The first-order valence-electron chi connectivity index (χ1n) is 8.20. The molecular formula is C17H25ClN4O3. The molecule has 0 aromatic heterocycles. The van der Waals surface area contributed by atoms with Crippen LogP contribution in [0.15, 0.2) is 30.3 Å². The van der Waals surface area contributed by atoms with E-state index in [0.717, 1.165) is 12.8 Å². The van der Waals surface area contributed by atoms with Crippen LogP contribution in [0.5, 0.6) is 0 Å². The summed E-state index contributed by atoms with van der Waals surface area (Å²) >= 11 is 0. The van der Waals surface area contributed by atoms with Crippen LogP contribution >= 0.6 is 12.4 Å². The van der Waals surface area contributed by atoms with Crippen LogP contribution in [0.25, 0.3) is 0 Å². The molecule has 3 amide bonds. The number of nitrogens with zero attached hydrogens (tertiary/aromatic N) is 1. The summed E-state index contributed by atoms with van der Waals surface area (Å²) in [6.07, 6.45) is 1.54. The fourth-order valence-electron chi connectivity index (χ4n) is 2.72. The predicted molar refractivity (Wildman–Crippen MR) is 97.4 cm³/mol. The van der Waals surface area contributed by atoms with Gasteiger partial charge in [-0.3, -0.25) is 14.4 Å². The summed E-state index contributed by atoms with van der Waals surface area (Å²) in [7, 11) is 0. The zero-order valence-electron chi connectivity index (χ0n) is 14.1. The Morgan fingerprint density at radius 1 is 1.16 bits per heavy atom. The van der Waals surface area contributed by atoms with Crippen molar-refractivity contribution in [1.82, 2.24) is 15.5 Å². The van der Waals surface area contributed by atoms with Crippen LogP contribution in [0.4, 0.5) is 0 Å². The van der Waals surface area contributed by atoms with Crippen molar-refractivity contribution >= 4 is 30.1 Å². The molecule has 0 bridgehead atoms. The maximum atomic E-state index is 12.3. The zero-order valence-corrected chi connectivity index (χ0v) is 14.9. The molecule has 1 atom stereocenters. The number of carbonyl (C=O) groups is 3. The van der Waals surface area contributed by atoms with E-state index in [1.165, 1.54) is 0 Å². The average Bonchev–Trinajstić information content (AvgIpc) is 2.64. The van der Waals surface area contributed by atoms with Crippen LogP contribution in [-0.2, 0) is 9.59 Å². The number of nitrogens with two attached hydrogens (primary N) is 1. The molecule has 25 heavy (non-hydrogen) atoms. The molecule has 138 valence electrons. The highest BCUT2D eigenvalue weighted by molar-refractivity contribution is 5.96. The Hall–Kier alpha value is -2.12. The summed E-state index contributed by atoms with van der Waals surface area (Å²) in [4.78, 5) is 37.9. The van der Waals surface area contributed by atoms with E-state index < -0.39 is 0 Å². The summed E-state index contributed by atoms with van der Waals surface area (Å²) < 4.78 is 0. The topological polar surface area (TPSA) is 105 Å². The summed E-state index contributed by atoms with van der Waals surface area (Å²) in [5.41, 5.74) is 5.89. The Bertz CT molecular complexity index is 583. The van der Waals surface area contributed by atoms with Gasteiger partial charge in [0.1, 0.15) is 0 Å². The minimum atomic E-state index is -0.279. The average molecular weight is 369 g/mol. The largest absolute Gasteiger partial charge is 0.355 e. The van der Waals surface area contributed by atoms with Gasteiger partial charge in [-0.05, 0) is 25.0 Å². The number of hydrogen-bond donors (Lipinski definition) is 3. The van der Waals surface area contributed by atoms with E-state index in [1.807, 2.05) is 6.07 Å². The molecule has 1 aromatic carbocycles. The minimum Gasteiger partial charge on any atom is -0.355 e. The van der Waals surface area contributed by atoms with E-state index in [-0.39, 0.29) is 42.6 Å². The molecule has 0 aliphatic carbocycles. The normalized spacial score (nSPS) is 16.5. The van der Waals surface area contributed by atoms with Gasteiger partial charge in [0.2, 0.25) is 11.8 Å². The van der Waals surface area contributed by atoms with E-state index in [9.17, 15) is 14.4 Å². The fourth-order valence-corrected chi connectivity index (χ4v) is 2.72. The third-order valence-corrected chi connectivity index (χ3v) is 4.02. The Balaban J connectivity index is 0.00000312. The number of nitrogens with one attached hydrogen (secondary N) is 2. The van der Waals surface area contributed by atoms with Gasteiger partial charge in [-0.1, -0.05) is 18.2 Å². The Morgan fingerprint density at radius 3 is 2.56 bits per heavy atom. The van der Waals surface area contributed by atoms with Crippen molar-refractivity contribution in [2.24, 2.45) is 11.7 Å². The van der Waals surface area contributed by atoms with Crippen LogP contribution in [0.3, 0.4) is 0 Å². The van der Waals surface area contributed by atoms with Gasteiger partial charge in [0.25, 0.3) is 5.91 Å². The van der Waals surface area contributed by atoms with E-state index in [4.69, 9.17) is 5.73 Å². The summed E-state index contributed by atoms with van der Waals surface area (Å²) in [5, 5.41) is 5.39. The molecule has 1 aromatic rings. The maximum Gasteiger partial charge on any atom is 0.251 e. The van der Waals surface area contributed by atoms with Gasteiger partial charge in [-0.25, -0.2) is 0 Å². The number of benzene rings is 1. The smallest absolute Gasteiger partial charge is 0.251 e. The van der Waals surface area contributed by atoms with Gasteiger partial charge in [0, 0.05) is 31.7 Å². The standard InChI is InChI=1S/C17H24N4O3.ClH/c18-8-9-19-17(24)14-7-4-10-21(12-14)15(22)11-20-16(23)13-5-2-1-3-6-13;/h1-3,5-6,14H,4,7-12,18H2,(H,19,24)(H,20,23);1H. The first-order valence-corrected chi connectivity index (χ1v) is 8.20. The quantitative estimate of drug-likeness (QED) is 0.664. The number of piperidine rings is 1. The zero-order chi connectivity index (χ0) is 17.4. The van der Waals surface area contributed by atoms with E-state index >= 15 is 0 Å². The van der Waals surface area contributed by atoms with Gasteiger partial charge in [0.15, 0.2) is 0 Å². The monoisotopic (exact) mass is 368 g/mol. The molecule has 1 aliphatic rings. The summed E-state index contributed by atoms with van der Waals surface area (Å²) in [5.74, 6) is -0.723. The number of hydrogen-bond acceptors (Lipinski definition) is 4. The van der Waals surface area contributed by atoms with Crippen molar-refractivity contribution in [3.8, 4) is 0 Å². The minimum absolute atomic E-state index is 0. The van der Waals surface area contributed by atoms with Gasteiger partial charge >= 0.3 is 0 Å². The molecule has 0 radical (unpaired) electrons. The van der Waals surface area contributed by atoms with Crippen LogP contribution in [0.1, 0.15) is 23.2 Å². The lowest BCUT2D eigenvalue weighted by atomic mass is 9.97. The van der Waals surface area contributed by atoms with Gasteiger partial charge in [-0.15, -0.1) is 12.4 Å². The lowest BCUT2D eigenvalue weighted by Crippen LogP contribution is -2.48. The lowest BCUT2D eigenvalue weighted by Gasteiger charge is -2.32. The molecule has 8 heteroatoms. The van der Waals surface area contributed by atoms with E-state index in [2.05, 4.69) is 10.6 Å². The van der Waals surface area contributed by atoms with Gasteiger partial charge in [-0.2, -0.15) is 0 Å². The molecule has 4 N–H and O–H groups in total. The highest BCUT2D eigenvalue weighted by Gasteiger charge is 2.28. The molecule has 1 heterocycles. The number of halogens is 1. The van der Waals surface area contributed by atoms with Gasteiger partial charge < -0.3 is 21.3 Å². The first kappa shape index (κ1) is 20.9. The van der Waals surface area contributed by atoms with Crippen LogP contribution in [0, 0.1) is 5.92 Å². The third kappa shape index (κ3) is 6.36. The molecule has 7 nitrogen and oxygen atoms in total. The molecule has 1 saturated heterocycles. The van der Waals surface area contributed by atoms with E-state index in [0.29, 0.717) is 31.7 Å². The second-order valence-corrected chi connectivity index (χ2v) is 5.81. The molecule has 1 unspecified atom stereocenters. The van der Waals surface area contributed by atoms with Gasteiger partial charge in [0.05, 0.1) is 12.5 Å². The van der Waals surface area contributed by atoms with Crippen molar-refractivity contribution < 1.29 is 14.4 Å². The third-order valence-electron chi connectivity index (χ3n) is 4.02. The highest BCUT2D eigenvalue weighted by Crippen LogP contribution is 2.16. The Morgan fingerprint density at radius 2 is 1.88 bits per heavy atom. The van der Waals surface area contributed by atoms with Crippen LogP contribution in [0.2, 0.25) is 0 Å². The fraction of sp³-hybridized carbons (Fsp3) is 0.471. The number of likely N-dealkylation sites (tertiary alicyclic amines) is 1.